The Morgan fingerprint density at radius 1 is 0.839 bits per heavy atom. The van der Waals surface area contributed by atoms with Crippen molar-refractivity contribution in [1.29, 1.82) is 0 Å². The first-order chi connectivity index (χ1) is 15.3. The van der Waals surface area contributed by atoms with Crippen LogP contribution in [0.25, 0.3) is 28.2 Å². The number of aromatic nitrogens is 4. The predicted octanol–water partition coefficient (Wildman–Crippen LogP) is 2.94. The van der Waals surface area contributed by atoms with Gasteiger partial charge in [0.15, 0.2) is 17.1 Å². The summed E-state index contributed by atoms with van der Waals surface area (Å²) in [6, 6.07) is 14.0. The molecule has 8 nitrogen and oxygen atoms in total. The summed E-state index contributed by atoms with van der Waals surface area (Å²) >= 11 is 0. The van der Waals surface area contributed by atoms with Gasteiger partial charge >= 0.3 is 0 Å². The molecule has 0 aliphatic carbocycles. The zero-order chi connectivity index (χ0) is 20.8. The molecule has 3 aromatic heterocycles. The quantitative estimate of drug-likeness (QED) is 0.511. The summed E-state index contributed by atoms with van der Waals surface area (Å²) in [7, 11) is 2.16. The molecular weight excluding hydrogens is 392 g/mol. The molecule has 31 heavy (non-hydrogen) atoms. The van der Waals surface area contributed by atoms with Crippen molar-refractivity contribution >= 4 is 11.5 Å². The second kappa shape index (κ2) is 7.24. The van der Waals surface area contributed by atoms with Crippen molar-refractivity contribution in [1.82, 2.24) is 24.5 Å². The van der Waals surface area contributed by atoms with Gasteiger partial charge in [0.05, 0.1) is 5.69 Å². The van der Waals surface area contributed by atoms with E-state index in [1.165, 1.54) is 0 Å². The van der Waals surface area contributed by atoms with Crippen LogP contribution in [0.15, 0.2) is 54.9 Å². The van der Waals surface area contributed by atoms with Gasteiger partial charge in [-0.05, 0) is 49.5 Å². The minimum absolute atomic E-state index is 0.247. The van der Waals surface area contributed by atoms with Crippen LogP contribution in [-0.4, -0.2) is 64.5 Å². The molecule has 6 rings (SSSR count). The molecule has 2 aliphatic rings. The molecule has 8 heteroatoms. The summed E-state index contributed by atoms with van der Waals surface area (Å²) in [5.74, 6) is 2.46. The highest BCUT2D eigenvalue weighted by molar-refractivity contribution is 5.82. The molecule has 0 spiro atoms. The van der Waals surface area contributed by atoms with E-state index in [4.69, 9.17) is 19.6 Å². The van der Waals surface area contributed by atoms with Crippen molar-refractivity contribution in [2.45, 2.75) is 0 Å². The van der Waals surface area contributed by atoms with E-state index in [9.17, 15) is 0 Å². The molecule has 0 saturated carbocycles. The van der Waals surface area contributed by atoms with E-state index in [0.717, 1.165) is 71.7 Å². The van der Waals surface area contributed by atoms with Crippen LogP contribution >= 0.6 is 0 Å². The van der Waals surface area contributed by atoms with Gasteiger partial charge in [-0.3, -0.25) is 4.98 Å². The van der Waals surface area contributed by atoms with Gasteiger partial charge < -0.3 is 19.3 Å². The molecule has 0 bridgehead atoms. The molecule has 0 unspecified atom stereocenters. The lowest BCUT2D eigenvalue weighted by Crippen LogP contribution is -2.44. The highest BCUT2D eigenvalue weighted by atomic mass is 16.7. The first kappa shape index (κ1) is 18.1. The van der Waals surface area contributed by atoms with E-state index >= 15 is 0 Å². The SMILES string of the molecule is CN1CCN(c2ccc3nc(-c4ccc5c(c4)OCO5)c(-c4ccncc4)n3n2)CC1. The van der Waals surface area contributed by atoms with Gasteiger partial charge in [-0.2, -0.15) is 0 Å². The molecule has 0 amide bonds. The number of ether oxygens (including phenoxy) is 2. The lowest BCUT2D eigenvalue weighted by molar-refractivity contribution is 0.174. The lowest BCUT2D eigenvalue weighted by Gasteiger charge is -2.33. The summed E-state index contributed by atoms with van der Waals surface area (Å²) < 4.78 is 13.0. The summed E-state index contributed by atoms with van der Waals surface area (Å²) in [6.07, 6.45) is 3.59. The molecule has 1 fully saturated rings. The van der Waals surface area contributed by atoms with Gasteiger partial charge in [-0.25, -0.2) is 9.50 Å². The highest BCUT2D eigenvalue weighted by Gasteiger charge is 2.22. The standard InChI is InChI=1S/C23H22N6O2/c1-27-10-12-28(13-11-27)21-5-4-20-25-22(17-2-3-18-19(14-17)31-15-30-18)23(29(20)26-21)16-6-8-24-9-7-16/h2-9,14H,10-13,15H2,1H3. The third-order valence-electron chi connectivity index (χ3n) is 5.89. The fourth-order valence-corrected chi connectivity index (χ4v) is 4.14. The van der Waals surface area contributed by atoms with Crippen LogP contribution in [0.2, 0.25) is 0 Å². The second-order valence-electron chi connectivity index (χ2n) is 7.86. The van der Waals surface area contributed by atoms with Gasteiger partial charge in [-0.15, -0.1) is 5.10 Å². The summed E-state index contributed by atoms with van der Waals surface area (Å²) in [6.45, 7) is 4.23. The first-order valence-electron chi connectivity index (χ1n) is 10.4. The number of hydrogen-bond acceptors (Lipinski definition) is 7. The van der Waals surface area contributed by atoms with Crippen molar-refractivity contribution in [2.75, 3.05) is 44.9 Å². The normalized spacial score (nSPS) is 16.2. The number of likely N-dealkylation sites (N-methyl/N-ethyl adjacent to an activating group) is 1. The lowest BCUT2D eigenvalue weighted by atomic mass is 10.1. The monoisotopic (exact) mass is 414 g/mol. The van der Waals surface area contributed by atoms with Crippen molar-refractivity contribution in [2.24, 2.45) is 0 Å². The third-order valence-corrected chi connectivity index (χ3v) is 5.89. The number of imidazole rings is 1. The van der Waals surface area contributed by atoms with Gasteiger partial charge in [-0.1, -0.05) is 0 Å². The molecule has 1 aromatic carbocycles. The number of pyridine rings is 1. The Balaban J connectivity index is 1.52. The van der Waals surface area contributed by atoms with Crippen LogP contribution in [0.4, 0.5) is 5.82 Å². The Hall–Kier alpha value is -3.65. The number of hydrogen-bond donors (Lipinski definition) is 0. The van der Waals surface area contributed by atoms with Crippen LogP contribution in [0.3, 0.4) is 0 Å². The number of rotatable bonds is 3. The molecule has 0 N–H and O–H groups in total. The maximum Gasteiger partial charge on any atom is 0.231 e. The number of piperazine rings is 1. The molecule has 0 radical (unpaired) electrons. The molecule has 1 saturated heterocycles. The molecule has 5 heterocycles. The topological polar surface area (TPSA) is 68.0 Å². The number of nitrogens with zero attached hydrogens (tertiary/aromatic N) is 6. The average Bonchev–Trinajstić information content (AvgIpc) is 3.43. The number of fused-ring (bicyclic) bond motifs is 2. The molecule has 4 aromatic rings. The van der Waals surface area contributed by atoms with E-state index in [1.807, 2.05) is 40.9 Å². The Labute approximate surface area is 179 Å². The number of anilines is 1. The second-order valence-corrected chi connectivity index (χ2v) is 7.86. The summed E-state index contributed by atoms with van der Waals surface area (Å²) in [5.41, 5.74) is 4.57. The first-order valence-corrected chi connectivity index (χ1v) is 10.4. The van der Waals surface area contributed by atoms with Crippen molar-refractivity contribution in [3.8, 4) is 34.0 Å². The Kier molecular flexibility index (Phi) is 4.24. The van der Waals surface area contributed by atoms with Gasteiger partial charge in [0.2, 0.25) is 6.79 Å². The van der Waals surface area contributed by atoms with E-state index in [0.29, 0.717) is 0 Å². The molecule has 156 valence electrons. The maximum atomic E-state index is 5.59. The maximum absolute atomic E-state index is 5.59. The van der Waals surface area contributed by atoms with Gasteiger partial charge in [0.1, 0.15) is 11.5 Å². The zero-order valence-electron chi connectivity index (χ0n) is 17.2. The minimum Gasteiger partial charge on any atom is -0.454 e. The minimum atomic E-state index is 0.247. The van der Waals surface area contributed by atoms with E-state index in [1.54, 1.807) is 12.4 Å². The van der Waals surface area contributed by atoms with Crippen LogP contribution in [-0.2, 0) is 0 Å². The van der Waals surface area contributed by atoms with E-state index < -0.39 is 0 Å². The van der Waals surface area contributed by atoms with Crippen LogP contribution in [0.1, 0.15) is 0 Å². The van der Waals surface area contributed by atoms with E-state index in [-0.39, 0.29) is 6.79 Å². The zero-order valence-corrected chi connectivity index (χ0v) is 17.2. The summed E-state index contributed by atoms with van der Waals surface area (Å²) in [5, 5.41) is 5.00. The Morgan fingerprint density at radius 3 is 2.48 bits per heavy atom. The highest BCUT2D eigenvalue weighted by Crippen LogP contribution is 2.39. The van der Waals surface area contributed by atoms with Crippen LogP contribution in [0.5, 0.6) is 11.5 Å². The summed E-state index contributed by atoms with van der Waals surface area (Å²) in [4.78, 5) is 13.8. The molecule has 2 aliphatic heterocycles. The predicted molar refractivity (Wildman–Crippen MR) is 117 cm³/mol. The van der Waals surface area contributed by atoms with Crippen molar-refractivity contribution in [3.05, 3.63) is 54.9 Å². The van der Waals surface area contributed by atoms with Crippen molar-refractivity contribution in [3.63, 3.8) is 0 Å². The largest absolute Gasteiger partial charge is 0.454 e. The fourth-order valence-electron chi connectivity index (χ4n) is 4.14. The number of benzene rings is 1. The Morgan fingerprint density at radius 2 is 1.65 bits per heavy atom. The van der Waals surface area contributed by atoms with Crippen LogP contribution in [0, 0.1) is 0 Å². The van der Waals surface area contributed by atoms with Crippen molar-refractivity contribution < 1.29 is 9.47 Å². The van der Waals surface area contributed by atoms with Gasteiger partial charge in [0, 0.05) is 49.7 Å². The molecule has 0 atom stereocenters. The molecular formula is C23H22N6O2. The third kappa shape index (κ3) is 3.16. The average molecular weight is 414 g/mol. The smallest absolute Gasteiger partial charge is 0.231 e. The van der Waals surface area contributed by atoms with E-state index in [2.05, 4.69) is 27.9 Å². The van der Waals surface area contributed by atoms with Crippen LogP contribution < -0.4 is 14.4 Å². The fraction of sp³-hybridized carbons (Fsp3) is 0.261. The van der Waals surface area contributed by atoms with Gasteiger partial charge in [0.25, 0.3) is 0 Å². The Bertz CT molecular complexity index is 1250.